The number of rotatable bonds is 5. The Bertz CT molecular complexity index is 345. The molecule has 1 rings (SSSR count). The van der Waals surface area contributed by atoms with E-state index >= 15 is 0 Å². The zero-order valence-electron chi connectivity index (χ0n) is 10.5. The molecular formula is C14H22FN. The van der Waals surface area contributed by atoms with Crippen molar-refractivity contribution in [3.63, 3.8) is 0 Å². The zero-order valence-corrected chi connectivity index (χ0v) is 10.5. The molecular weight excluding hydrogens is 201 g/mol. The van der Waals surface area contributed by atoms with E-state index in [1.54, 1.807) is 6.07 Å². The van der Waals surface area contributed by atoms with Crippen molar-refractivity contribution in [3.05, 3.63) is 35.1 Å². The van der Waals surface area contributed by atoms with Gasteiger partial charge in [-0.3, -0.25) is 0 Å². The molecule has 1 aromatic rings. The fourth-order valence-electron chi connectivity index (χ4n) is 1.64. The summed E-state index contributed by atoms with van der Waals surface area (Å²) in [5.74, 6) is -0.0932. The first-order chi connectivity index (χ1) is 7.48. The van der Waals surface area contributed by atoms with Crippen LogP contribution < -0.4 is 5.73 Å². The molecule has 0 atom stereocenters. The standard InChI is InChI=1S/C14H22FN/c1-4-12-9-11(5-6-13(12)15)7-8-14(2,3)10-16/h5-6,9H,4,7-8,10,16H2,1-3H3. The number of hydrogen-bond donors (Lipinski definition) is 1. The number of aryl methyl sites for hydroxylation is 2. The van der Waals surface area contributed by atoms with Crippen LogP contribution in [0.2, 0.25) is 0 Å². The van der Waals surface area contributed by atoms with Crippen LogP contribution in [0.1, 0.15) is 38.3 Å². The second-order valence-corrected chi connectivity index (χ2v) is 5.15. The van der Waals surface area contributed by atoms with Crippen molar-refractivity contribution in [2.24, 2.45) is 11.1 Å². The van der Waals surface area contributed by atoms with Gasteiger partial charge in [0.05, 0.1) is 0 Å². The van der Waals surface area contributed by atoms with Gasteiger partial charge in [0.15, 0.2) is 0 Å². The predicted octanol–water partition coefficient (Wildman–Crippen LogP) is 3.31. The maximum Gasteiger partial charge on any atom is 0.126 e. The fraction of sp³-hybridized carbons (Fsp3) is 0.571. The first kappa shape index (κ1) is 13.2. The molecule has 0 heterocycles. The van der Waals surface area contributed by atoms with Gasteiger partial charge in [-0.25, -0.2) is 4.39 Å². The van der Waals surface area contributed by atoms with Crippen LogP contribution in [0, 0.1) is 11.2 Å². The smallest absolute Gasteiger partial charge is 0.126 e. The van der Waals surface area contributed by atoms with Crippen LogP contribution in [0.25, 0.3) is 0 Å². The summed E-state index contributed by atoms with van der Waals surface area (Å²) in [6, 6.07) is 5.42. The maximum atomic E-state index is 13.3. The van der Waals surface area contributed by atoms with Gasteiger partial charge in [-0.05, 0) is 48.4 Å². The van der Waals surface area contributed by atoms with Crippen LogP contribution in [0.15, 0.2) is 18.2 Å². The largest absolute Gasteiger partial charge is 0.330 e. The summed E-state index contributed by atoms with van der Waals surface area (Å²) in [6.07, 6.45) is 2.76. The third-order valence-corrected chi connectivity index (χ3v) is 3.13. The average molecular weight is 223 g/mol. The summed E-state index contributed by atoms with van der Waals surface area (Å²) in [5.41, 5.74) is 7.87. The van der Waals surface area contributed by atoms with Crippen molar-refractivity contribution in [1.29, 1.82) is 0 Å². The highest BCUT2D eigenvalue weighted by molar-refractivity contribution is 5.25. The van der Waals surface area contributed by atoms with Gasteiger partial charge in [-0.1, -0.05) is 32.9 Å². The van der Waals surface area contributed by atoms with E-state index in [9.17, 15) is 4.39 Å². The lowest BCUT2D eigenvalue weighted by atomic mass is 9.86. The van der Waals surface area contributed by atoms with E-state index in [1.807, 2.05) is 19.1 Å². The van der Waals surface area contributed by atoms with Crippen LogP contribution in [0.3, 0.4) is 0 Å². The molecule has 0 aliphatic heterocycles. The number of nitrogens with two attached hydrogens (primary N) is 1. The van der Waals surface area contributed by atoms with E-state index in [1.165, 1.54) is 5.56 Å². The van der Waals surface area contributed by atoms with E-state index in [4.69, 9.17) is 5.73 Å². The van der Waals surface area contributed by atoms with E-state index in [0.29, 0.717) is 6.54 Å². The van der Waals surface area contributed by atoms with Crippen LogP contribution >= 0.6 is 0 Å². The van der Waals surface area contributed by atoms with Crippen molar-refractivity contribution >= 4 is 0 Å². The van der Waals surface area contributed by atoms with Gasteiger partial charge in [-0.2, -0.15) is 0 Å². The van der Waals surface area contributed by atoms with Crippen LogP contribution in [-0.4, -0.2) is 6.54 Å². The third kappa shape index (κ3) is 3.60. The molecule has 90 valence electrons. The molecule has 0 fully saturated rings. The monoisotopic (exact) mass is 223 g/mol. The molecule has 0 aliphatic rings. The second kappa shape index (κ2) is 5.44. The summed E-state index contributed by atoms with van der Waals surface area (Å²) >= 11 is 0. The van der Waals surface area contributed by atoms with Crippen LogP contribution in [0.5, 0.6) is 0 Å². The predicted molar refractivity (Wildman–Crippen MR) is 66.9 cm³/mol. The minimum Gasteiger partial charge on any atom is -0.330 e. The first-order valence-corrected chi connectivity index (χ1v) is 5.96. The Morgan fingerprint density at radius 1 is 1.31 bits per heavy atom. The lowest BCUT2D eigenvalue weighted by Crippen LogP contribution is -2.24. The minimum absolute atomic E-state index is 0.0932. The van der Waals surface area contributed by atoms with Crippen molar-refractivity contribution in [1.82, 2.24) is 0 Å². The summed E-state index contributed by atoms with van der Waals surface area (Å²) < 4.78 is 13.3. The Balaban J connectivity index is 2.68. The molecule has 2 N–H and O–H groups in total. The average Bonchev–Trinajstić information content (AvgIpc) is 2.28. The van der Waals surface area contributed by atoms with Crippen LogP contribution in [-0.2, 0) is 12.8 Å². The molecule has 0 bridgehead atoms. The number of benzene rings is 1. The van der Waals surface area contributed by atoms with Crippen molar-refractivity contribution in [2.75, 3.05) is 6.54 Å². The lowest BCUT2D eigenvalue weighted by Gasteiger charge is -2.22. The summed E-state index contributed by atoms with van der Waals surface area (Å²) in [7, 11) is 0. The molecule has 16 heavy (non-hydrogen) atoms. The Kier molecular flexibility index (Phi) is 4.48. The molecule has 0 amide bonds. The van der Waals surface area contributed by atoms with Crippen molar-refractivity contribution in [3.8, 4) is 0 Å². The minimum atomic E-state index is -0.0932. The van der Waals surface area contributed by atoms with Crippen LogP contribution in [0.4, 0.5) is 4.39 Å². The number of halogens is 1. The maximum absolute atomic E-state index is 13.3. The Labute approximate surface area is 97.9 Å². The SMILES string of the molecule is CCc1cc(CCC(C)(C)CN)ccc1F. The van der Waals surface area contributed by atoms with E-state index in [0.717, 1.165) is 24.8 Å². The fourth-order valence-corrected chi connectivity index (χ4v) is 1.64. The van der Waals surface area contributed by atoms with Gasteiger partial charge < -0.3 is 5.73 Å². The Hall–Kier alpha value is -0.890. The molecule has 0 aromatic heterocycles. The lowest BCUT2D eigenvalue weighted by molar-refractivity contribution is 0.348. The summed E-state index contributed by atoms with van der Waals surface area (Å²) in [6.45, 7) is 7.00. The molecule has 0 spiro atoms. The third-order valence-electron chi connectivity index (χ3n) is 3.13. The van der Waals surface area contributed by atoms with Gasteiger partial charge in [0, 0.05) is 0 Å². The molecule has 0 saturated heterocycles. The molecule has 0 radical (unpaired) electrons. The zero-order chi connectivity index (χ0) is 12.2. The normalized spacial score (nSPS) is 11.8. The topological polar surface area (TPSA) is 26.0 Å². The Morgan fingerprint density at radius 3 is 2.56 bits per heavy atom. The molecule has 0 unspecified atom stereocenters. The number of hydrogen-bond acceptors (Lipinski definition) is 1. The highest BCUT2D eigenvalue weighted by Crippen LogP contribution is 2.22. The van der Waals surface area contributed by atoms with Crippen molar-refractivity contribution in [2.45, 2.75) is 40.0 Å². The molecule has 1 nitrogen and oxygen atoms in total. The quantitative estimate of drug-likeness (QED) is 0.814. The molecule has 0 saturated carbocycles. The summed E-state index contributed by atoms with van der Waals surface area (Å²) in [4.78, 5) is 0. The highest BCUT2D eigenvalue weighted by atomic mass is 19.1. The second-order valence-electron chi connectivity index (χ2n) is 5.15. The van der Waals surface area contributed by atoms with E-state index in [-0.39, 0.29) is 11.2 Å². The van der Waals surface area contributed by atoms with Gasteiger partial charge in [0.25, 0.3) is 0 Å². The first-order valence-electron chi connectivity index (χ1n) is 5.96. The van der Waals surface area contributed by atoms with Gasteiger partial charge in [0.2, 0.25) is 0 Å². The Morgan fingerprint density at radius 2 is 2.00 bits per heavy atom. The van der Waals surface area contributed by atoms with E-state index in [2.05, 4.69) is 13.8 Å². The van der Waals surface area contributed by atoms with E-state index < -0.39 is 0 Å². The van der Waals surface area contributed by atoms with Crippen molar-refractivity contribution < 1.29 is 4.39 Å². The van der Waals surface area contributed by atoms with Gasteiger partial charge in [0.1, 0.15) is 5.82 Å². The summed E-state index contributed by atoms with van der Waals surface area (Å²) in [5, 5.41) is 0. The van der Waals surface area contributed by atoms with Gasteiger partial charge in [-0.15, -0.1) is 0 Å². The molecule has 0 aliphatic carbocycles. The molecule has 2 heteroatoms. The van der Waals surface area contributed by atoms with Gasteiger partial charge >= 0.3 is 0 Å². The highest BCUT2D eigenvalue weighted by Gasteiger charge is 2.15. The molecule has 1 aromatic carbocycles.